The lowest BCUT2D eigenvalue weighted by molar-refractivity contribution is -0.140. The molecule has 10 nitrogen and oxygen atoms in total. The minimum Gasteiger partial charge on any atom is -0.471 e. The molecule has 0 atom stereocenters. The van der Waals surface area contributed by atoms with Crippen LogP contribution in [0.4, 0.5) is 18.9 Å². The van der Waals surface area contributed by atoms with Gasteiger partial charge in [0.25, 0.3) is 11.8 Å². The van der Waals surface area contributed by atoms with Crippen LogP contribution in [0.2, 0.25) is 0 Å². The number of amides is 2. The first kappa shape index (κ1) is 28.8. The molecule has 14 heteroatoms. The number of alkyl halides is 3. The third kappa shape index (κ3) is 5.57. The number of carbonyl (C=O) groups is 2. The highest BCUT2D eigenvalue weighted by Gasteiger charge is 2.35. The second-order valence-corrected chi connectivity index (χ2v) is 10.6. The van der Waals surface area contributed by atoms with Gasteiger partial charge >= 0.3 is 6.18 Å². The van der Waals surface area contributed by atoms with Crippen molar-refractivity contribution >= 4 is 39.1 Å². The molecule has 0 aliphatic carbocycles. The minimum atomic E-state index is -4.76. The predicted octanol–water partition coefficient (Wildman–Crippen LogP) is 5.71. The summed E-state index contributed by atoms with van der Waals surface area (Å²) in [6.45, 7) is 7.87. The van der Waals surface area contributed by atoms with Crippen LogP contribution in [0.1, 0.15) is 49.6 Å². The summed E-state index contributed by atoms with van der Waals surface area (Å²) in [5, 5.41) is 11.4. The number of pyridine rings is 1. The first-order chi connectivity index (χ1) is 19.8. The molecular formula is C28H26F3N7O3S. The number of anilines is 1. The fourth-order valence-electron chi connectivity index (χ4n) is 4.42. The molecule has 0 saturated heterocycles. The SMILES string of the molecule is CCn1cc(-c2cc(C(F)(F)F)nc3sc(C(N)=O)c(NC(=O)c4ccn(COc5cc(C)ccc5C)n4)c23)c(C)n1. The molecule has 2 amide bonds. The van der Waals surface area contributed by atoms with E-state index < -0.39 is 23.7 Å². The number of aryl methyl sites for hydroxylation is 4. The average molecular weight is 598 g/mol. The van der Waals surface area contributed by atoms with E-state index in [1.165, 1.54) is 10.7 Å². The van der Waals surface area contributed by atoms with Crippen molar-refractivity contribution in [2.45, 2.75) is 47.1 Å². The maximum absolute atomic E-state index is 13.8. The summed E-state index contributed by atoms with van der Waals surface area (Å²) in [6, 6.07) is 8.13. The highest BCUT2D eigenvalue weighted by atomic mass is 32.1. The third-order valence-electron chi connectivity index (χ3n) is 6.54. The molecular weight excluding hydrogens is 571 g/mol. The zero-order valence-electron chi connectivity index (χ0n) is 23.0. The highest BCUT2D eigenvalue weighted by molar-refractivity contribution is 7.21. The van der Waals surface area contributed by atoms with Crippen LogP contribution in [-0.4, -0.2) is 36.4 Å². The Morgan fingerprint density at radius 1 is 1.07 bits per heavy atom. The molecule has 0 aliphatic rings. The van der Waals surface area contributed by atoms with Crippen LogP contribution in [0.15, 0.2) is 42.7 Å². The topological polar surface area (TPSA) is 130 Å². The highest BCUT2D eigenvalue weighted by Crippen LogP contribution is 2.44. The Morgan fingerprint density at radius 2 is 1.83 bits per heavy atom. The number of nitrogens with zero attached hydrogens (tertiary/aromatic N) is 5. The molecule has 218 valence electrons. The van der Waals surface area contributed by atoms with Crippen molar-refractivity contribution in [1.29, 1.82) is 0 Å². The Bertz CT molecular complexity index is 1840. The quantitative estimate of drug-likeness (QED) is 0.236. The smallest absolute Gasteiger partial charge is 0.433 e. The maximum Gasteiger partial charge on any atom is 0.433 e. The lowest BCUT2D eigenvalue weighted by atomic mass is 10.0. The number of primary amides is 1. The number of hydrogen-bond acceptors (Lipinski definition) is 7. The van der Waals surface area contributed by atoms with Crippen molar-refractivity contribution in [3.63, 3.8) is 0 Å². The summed E-state index contributed by atoms with van der Waals surface area (Å²) in [5.74, 6) is -0.956. The van der Waals surface area contributed by atoms with Crippen molar-refractivity contribution in [2.75, 3.05) is 5.32 Å². The molecule has 0 spiro atoms. The van der Waals surface area contributed by atoms with Crippen LogP contribution in [0.5, 0.6) is 5.75 Å². The number of benzene rings is 1. The third-order valence-corrected chi connectivity index (χ3v) is 7.64. The summed E-state index contributed by atoms with van der Waals surface area (Å²) < 4.78 is 50.3. The molecule has 0 aliphatic heterocycles. The van der Waals surface area contributed by atoms with Crippen LogP contribution >= 0.6 is 11.3 Å². The van der Waals surface area contributed by atoms with Gasteiger partial charge in [0.05, 0.1) is 11.4 Å². The van der Waals surface area contributed by atoms with E-state index in [1.54, 1.807) is 24.0 Å². The van der Waals surface area contributed by atoms with Gasteiger partial charge in [-0.1, -0.05) is 12.1 Å². The Morgan fingerprint density at radius 3 is 2.50 bits per heavy atom. The number of aromatic nitrogens is 5. The average Bonchev–Trinajstić information content (AvgIpc) is 3.65. The summed E-state index contributed by atoms with van der Waals surface area (Å²) in [7, 11) is 0. The number of nitrogens with one attached hydrogen (secondary N) is 1. The molecule has 0 radical (unpaired) electrons. The molecule has 4 aromatic heterocycles. The number of carbonyl (C=O) groups excluding carboxylic acids is 2. The standard InChI is InChI=1S/C28H26F3N7O3S/c1-5-37-12-18(16(4)35-37)17-11-21(28(29,30)31)33-27-22(17)23(24(42-27)25(32)39)34-26(40)19-8-9-38(36-19)13-41-20-10-14(2)6-7-15(20)3/h6-12H,5,13H2,1-4H3,(H2,32,39)(H,34,40). The van der Waals surface area contributed by atoms with E-state index in [1.807, 2.05) is 39.0 Å². The van der Waals surface area contributed by atoms with E-state index in [0.29, 0.717) is 34.9 Å². The van der Waals surface area contributed by atoms with E-state index in [4.69, 9.17) is 10.5 Å². The normalized spacial score (nSPS) is 11.7. The lowest BCUT2D eigenvalue weighted by Crippen LogP contribution is -2.18. The van der Waals surface area contributed by atoms with Crippen LogP contribution in [0.3, 0.4) is 0 Å². The van der Waals surface area contributed by atoms with Crippen molar-refractivity contribution in [2.24, 2.45) is 5.73 Å². The molecule has 0 saturated carbocycles. The van der Waals surface area contributed by atoms with Gasteiger partial charge in [-0.3, -0.25) is 14.3 Å². The van der Waals surface area contributed by atoms with Gasteiger partial charge in [-0.15, -0.1) is 11.3 Å². The van der Waals surface area contributed by atoms with Crippen molar-refractivity contribution in [1.82, 2.24) is 24.5 Å². The van der Waals surface area contributed by atoms with Crippen molar-refractivity contribution in [3.05, 3.63) is 75.8 Å². The monoisotopic (exact) mass is 597 g/mol. The molecule has 0 fully saturated rings. The molecule has 4 heterocycles. The van der Waals surface area contributed by atoms with Gasteiger partial charge in [0.1, 0.15) is 21.2 Å². The van der Waals surface area contributed by atoms with Crippen LogP contribution in [0.25, 0.3) is 21.3 Å². The van der Waals surface area contributed by atoms with Gasteiger partial charge in [0.15, 0.2) is 12.4 Å². The molecule has 1 aromatic carbocycles. The molecule has 0 unspecified atom stereocenters. The Labute approximate surface area is 241 Å². The van der Waals surface area contributed by atoms with Crippen molar-refractivity contribution < 1.29 is 27.5 Å². The Hall–Kier alpha value is -4.72. The van der Waals surface area contributed by atoms with Gasteiger partial charge < -0.3 is 15.8 Å². The number of rotatable bonds is 8. The zero-order valence-corrected chi connectivity index (χ0v) is 23.9. The second-order valence-electron chi connectivity index (χ2n) is 9.62. The number of fused-ring (bicyclic) bond motifs is 1. The molecule has 5 aromatic rings. The van der Waals surface area contributed by atoms with E-state index in [9.17, 15) is 22.8 Å². The number of thiophene rings is 1. The Balaban J connectivity index is 1.53. The minimum absolute atomic E-state index is 0.00858. The van der Waals surface area contributed by atoms with Gasteiger partial charge in [-0.25, -0.2) is 9.67 Å². The number of hydrogen-bond donors (Lipinski definition) is 2. The lowest BCUT2D eigenvalue weighted by Gasteiger charge is -2.12. The second kappa shape index (κ2) is 10.9. The van der Waals surface area contributed by atoms with Crippen molar-refractivity contribution in [3.8, 4) is 16.9 Å². The van der Waals surface area contributed by atoms with E-state index in [-0.39, 0.29) is 38.8 Å². The van der Waals surface area contributed by atoms with Gasteiger partial charge in [-0.2, -0.15) is 23.4 Å². The summed E-state index contributed by atoms with van der Waals surface area (Å²) in [4.78, 5) is 29.2. The Kier molecular flexibility index (Phi) is 7.49. The maximum atomic E-state index is 13.8. The summed E-state index contributed by atoms with van der Waals surface area (Å²) >= 11 is 0.667. The fraction of sp³-hybridized carbons (Fsp3) is 0.250. The number of halogens is 3. The van der Waals surface area contributed by atoms with E-state index >= 15 is 0 Å². The number of ether oxygens (including phenoxy) is 1. The summed E-state index contributed by atoms with van der Waals surface area (Å²) in [5.41, 5.74) is 7.32. The van der Waals surface area contributed by atoms with Crippen LogP contribution in [0, 0.1) is 20.8 Å². The van der Waals surface area contributed by atoms with E-state index in [2.05, 4.69) is 20.5 Å². The van der Waals surface area contributed by atoms with E-state index in [0.717, 1.165) is 17.2 Å². The summed E-state index contributed by atoms with van der Waals surface area (Å²) in [6.07, 6.45) is -1.61. The van der Waals surface area contributed by atoms with Gasteiger partial charge in [0, 0.05) is 29.9 Å². The largest absolute Gasteiger partial charge is 0.471 e. The number of nitrogens with two attached hydrogens (primary N) is 1. The van der Waals surface area contributed by atoms with Crippen LogP contribution < -0.4 is 15.8 Å². The van der Waals surface area contributed by atoms with Gasteiger partial charge in [0.2, 0.25) is 0 Å². The van der Waals surface area contributed by atoms with Crippen LogP contribution in [-0.2, 0) is 19.5 Å². The predicted molar refractivity (Wildman–Crippen MR) is 151 cm³/mol. The first-order valence-corrected chi connectivity index (χ1v) is 13.6. The molecule has 0 bridgehead atoms. The fourth-order valence-corrected chi connectivity index (χ4v) is 5.43. The van der Waals surface area contributed by atoms with Gasteiger partial charge in [-0.05, 0) is 62.6 Å². The molecule has 42 heavy (non-hydrogen) atoms. The molecule has 3 N–H and O–H groups in total. The first-order valence-electron chi connectivity index (χ1n) is 12.8. The molecule has 5 rings (SSSR count). The zero-order chi connectivity index (χ0) is 30.3.